The van der Waals surface area contributed by atoms with Gasteiger partial charge in [-0.25, -0.2) is 9.59 Å². The maximum Gasteiger partial charge on any atom is 0.339 e. The monoisotopic (exact) mass is 532 g/mol. The van der Waals surface area contributed by atoms with Gasteiger partial charge < -0.3 is 14.5 Å². The van der Waals surface area contributed by atoms with E-state index < -0.39 is 5.97 Å². The van der Waals surface area contributed by atoms with Crippen LogP contribution in [0.25, 0.3) is 0 Å². The third-order valence-corrected chi connectivity index (χ3v) is 9.43. The van der Waals surface area contributed by atoms with Crippen LogP contribution >= 0.6 is 0 Å². The van der Waals surface area contributed by atoms with Gasteiger partial charge in [0.1, 0.15) is 0 Å². The second-order valence-electron chi connectivity index (χ2n) is 11.8. The average Bonchev–Trinajstić information content (AvgIpc) is 3.16. The molecule has 3 fully saturated rings. The highest BCUT2D eigenvalue weighted by molar-refractivity contribution is 5.94. The van der Waals surface area contributed by atoms with Gasteiger partial charge in [0.15, 0.2) is 5.78 Å². The summed E-state index contributed by atoms with van der Waals surface area (Å²) in [6.45, 7) is 1.36. The van der Waals surface area contributed by atoms with Crippen molar-refractivity contribution in [2.24, 2.45) is 5.92 Å². The lowest BCUT2D eigenvalue weighted by atomic mass is 9.68. The fraction of sp³-hybridized carbons (Fsp3) is 0.548. The summed E-state index contributed by atoms with van der Waals surface area (Å²) in [5.74, 6) is -0.0957. The molecule has 5 rings (SSSR count). The number of rotatable bonds is 9. The molecule has 1 aromatic carbocycles. The molecule has 1 aliphatic heterocycles. The van der Waals surface area contributed by atoms with Crippen LogP contribution in [-0.2, 0) is 21.5 Å². The van der Waals surface area contributed by atoms with Gasteiger partial charge in [0, 0.05) is 24.8 Å². The first-order valence-corrected chi connectivity index (χ1v) is 14.1. The molecule has 2 saturated carbocycles. The van der Waals surface area contributed by atoms with E-state index in [1.165, 1.54) is 31.9 Å². The molecule has 2 aromatic rings. The Bertz CT molecular complexity index is 1200. The number of carbonyl (C=O) groups excluding carboxylic acids is 3. The summed E-state index contributed by atoms with van der Waals surface area (Å²) in [5.41, 5.74) is 1.67. The minimum atomic E-state index is -0.515. The van der Waals surface area contributed by atoms with Crippen molar-refractivity contribution in [3.63, 3.8) is 0 Å². The lowest BCUT2D eigenvalue weighted by Crippen LogP contribution is -2.56. The van der Waals surface area contributed by atoms with E-state index in [0.717, 1.165) is 32.2 Å². The number of hydrogen-bond acceptors (Lipinski definition) is 6. The van der Waals surface area contributed by atoms with Crippen molar-refractivity contribution in [3.8, 4) is 0 Å². The lowest BCUT2D eigenvalue weighted by Gasteiger charge is -2.51. The van der Waals surface area contributed by atoms with E-state index in [0.29, 0.717) is 18.2 Å². The predicted octanol–water partition coefficient (Wildman–Crippen LogP) is 4.29. The lowest BCUT2D eigenvalue weighted by molar-refractivity contribution is -0.119. The number of ether oxygens (including phenoxy) is 1. The molecule has 1 spiro atoms. The first-order chi connectivity index (χ1) is 18.8. The second kappa shape index (κ2) is 11.1. The van der Waals surface area contributed by atoms with Crippen LogP contribution in [0.4, 0.5) is 4.79 Å². The van der Waals surface area contributed by atoms with E-state index in [-0.39, 0.29) is 41.4 Å². The summed E-state index contributed by atoms with van der Waals surface area (Å²) in [5, 5.41) is 0. The average molecular weight is 533 g/mol. The van der Waals surface area contributed by atoms with Gasteiger partial charge in [0.2, 0.25) is 0 Å². The first-order valence-electron chi connectivity index (χ1n) is 14.1. The third kappa shape index (κ3) is 5.19. The highest BCUT2D eigenvalue weighted by Crippen LogP contribution is 2.49. The van der Waals surface area contributed by atoms with Gasteiger partial charge >= 0.3 is 12.0 Å². The Morgan fingerprint density at radius 1 is 1.05 bits per heavy atom. The van der Waals surface area contributed by atoms with Gasteiger partial charge in [-0.1, -0.05) is 36.8 Å². The molecule has 2 amide bonds. The molecule has 1 aromatic heterocycles. The maximum atomic E-state index is 13.8. The molecule has 2 heterocycles. The van der Waals surface area contributed by atoms with E-state index in [1.807, 2.05) is 0 Å². The Labute approximate surface area is 231 Å². The van der Waals surface area contributed by atoms with Crippen molar-refractivity contribution < 1.29 is 19.1 Å². The van der Waals surface area contributed by atoms with E-state index in [2.05, 4.69) is 59.2 Å². The number of aromatic nitrogens is 1. The number of methoxy groups -OCH3 is 1. The third-order valence-electron chi connectivity index (χ3n) is 9.43. The molecule has 0 bridgehead atoms. The summed E-state index contributed by atoms with van der Waals surface area (Å²) < 4.78 is 4.85. The predicted molar refractivity (Wildman–Crippen MR) is 148 cm³/mol. The number of Topliss-reactive ketones (excluding diaryl/α,β-unsaturated/α-hetero) is 1. The van der Waals surface area contributed by atoms with Crippen molar-refractivity contribution >= 4 is 17.8 Å². The molecule has 208 valence electrons. The van der Waals surface area contributed by atoms with Gasteiger partial charge in [-0.05, 0) is 76.2 Å². The topological polar surface area (TPSA) is 83.1 Å². The van der Waals surface area contributed by atoms with E-state index in [9.17, 15) is 14.4 Å². The van der Waals surface area contributed by atoms with Gasteiger partial charge in [-0.3, -0.25) is 14.7 Å². The van der Waals surface area contributed by atoms with Crippen molar-refractivity contribution in [1.82, 2.24) is 19.7 Å². The summed E-state index contributed by atoms with van der Waals surface area (Å²) in [6, 6.07) is 13.9. The molecule has 8 heteroatoms. The van der Waals surface area contributed by atoms with Gasteiger partial charge in [-0.15, -0.1) is 0 Å². The number of benzene rings is 1. The molecule has 0 atom stereocenters. The van der Waals surface area contributed by atoms with Crippen molar-refractivity contribution in [3.05, 3.63) is 65.5 Å². The SMILES string of the molecule is COC(=O)c1cccnc1CC(=O)CN1CC2(CCC(c3ccccc3)(N(C)C)CC2)N(CC2CCC2)C1=O. The number of esters is 1. The van der Waals surface area contributed by atoms with Crippen LogP contribution in [0, 0.1) is 5.92 Å². The first kappa shape index (κ1) is 27.3. The molecular formula is C31H40N4O4. The van der Waals surface area contributed by atoms with Crippen LogP contribution in [0.2, 0.25) is 0 Å². The van der Waals surface area contributed by atoms with Crippen LogP contribution in [0.3, 0.4) is 0 Å². The summed E-state index contributed by atoms with van der Waals surface area (Å²) in [6.07, 6.45) is 8.83. The fourth-order valence-corrected chi connectivity index (χ4v) is 6.84. The molecule has 0 unspecified atom stereocenters. The Morgan fingerprint density at radius 3 is 2.38 bits per heavy atom. The Hall–Kier alpha value is -3.26. The quantitative estimate of drug-likeness (QED) is 0.448. The number of hydrogen-bond donors (Lipinski definition) is 0. The number of nitrogens with zero attached hydrogens (tertiary/aromatic N) is 4. The number of ketones is 1. The Balaban J connectivity index is 1.34. The number of amides is 2. The molecule has 39 heavy (non-hydrogen) atoms. The van der Waals surface area contributed by atoms with Crippen LogP contribution in [0.1, 0.15) is 66.6 Å². The second-order valence-corrected chi connectivity index (χ2v) is 11.8. The van der Waals surface area contributed by atoms with Crippen LogP contribution in [0.15, 0.2) is 48.7 Å². The Morgan fingerprint density at radius 2 is 1.77 bits per heavy atom. The largest absolute Gasteiger partial charge is 0.465 e. The van der Waals surface area contributed by atoms with Gasteiger partial charge in [0.25, 0.3) is 0 Å². The van der Waals surface area contributed by atoms with Gasteiger partial charge in [-0.2, -0.15) is 0 Å². The van der Waals surface area contributed by atoms with Gasteiger partial charge in [0.05, 0.1) is 36.9 Å². The molecule has 0 N–H and O–H groups in total. The van der Waals surface area contributed by atoms with Crippen LogP contribution in [-0.4, -0.2) is 83.8 Å². The van der Waals surface area contributed by atoms with Crippen molar-refractivity contribution in [2.45, 2.75) is 62.4 Å². The van der Waals surface area contributed by atoms with Crippen molar-refractivity contribution in [2.75, 3.05) is 40.8 Å². The summed E-state index contributed by atoms with van der Waals surface area (Å²) in [7, 11) is 5.62. The molecule has 3 aliphatic rings. The zero-order chi connectivity index (χ0) is 27.6. The summed E-state index contributed by atoms with van der Waals surface area (Å²) in [4.78, 5) is 49.7. The van der Waals surface area contributed by atoms with E-state index >= 15 is 0 Å². The zero-order valence-corrected chi connectivity index (χ0v) is 23.4. The van der Waals surface area contributed by atoms with Crippen LogP contribution in [0.5, 0.6) is 0 Å². The van der Waals surface area contributed by atoms with Crippen LogP contribution < -0.4 is 0 Å². The van der Waals surface area contributed by atoms with Crippen molar-refractivity contribution in [1.29, 1.82) is 0 Å². The number of pyridine rings is 1. The maximum absolute atomic E-state index is 13.8. The normalized spacial score (nSPS) is 25.3. The fourth-order valence-electron chi connectivity index (χ4n) is 6.84. The minimum Gasteiger partial charge on any atom is -0.465 e. The number of urea groups is 1. The smallest absolute Gasteiger partial charge is 0.339 e. The molecule has 1 saturated heterocycles. The molecular weight excluding hydrogens is 492 g/mol. The molecule has 2 aliphatic carbocycles. The minimum absolute atomic E-state index is 0.0115. The zero-order valence-electron chi connectivity index (χ0n) is 23.4. The van der Waals surface area contributed by atoms with E-state index in [1.54, 1.807) is 23.2 Å². The van der Waals surface area contributed by atoms with E-state index in [4.69, 9.17) is 4.74 Å². The highest BCUT2D eigenvalue weighted by Gasteiger charge is 2.55. The molecule has 0 radical (unpaired) electrons. The molecule has 8 nitrogen and oxygen atoms in total. The summed E-state index contributed by atoms with van der Waals surface area (Å²) >= 11 is 0. The standard InChI is InChI=1S/C31H40N4O4/c1-33(2)31(24-11-5-4-6-12-24)16-14-30(15-17-31)22-34(29(38)35(30)20-23-9-7-10-23)21-25(36)19-27-26(28(37)39-3)13-8-18-32-27/h4-6,8,11-13,18,23H,7,9-10,14-17,19-22H2,1-3H3. The highest BCUT2D eigenvalue weighted by atomic mass is 16.5. The number of carbonyl (C=O) groups is 3. The Kier molecular flexibility index (Phi) is 7.76.